The second-order valence-electron chi connectivity index (χ2n) is 4.87. The molecule has 24 heavy (non-hydrogen) atoms. The minimum Gasteiger partial charge on any atom is -0.493 e. The van der Waals surface area contributed by atoms with Crippen LogP contribution in [-0.4, -0.2) is 27.3 Å². The maximum absolute atomic E-state index is 12.5. The van der Waals surface area contributed by atoms with Gasteiger partial charge in [-0.15, -0.1) is 0 Å². The molecule has 0 heterocycles. The van der Waals surface area contributed by atoms with Crippen LogP contribution in [0.15, 0.2) is 47.4 Å². The lowest BCUT2D eigenvalue weighted by molar-refractivity contribution is 0.0729. The van der Waals surface area contributed by atoms with E-state index in [4.69, 9.17) is 9.47 Å². The number of benzene rings is 2. The maximum Gasteiger partial charge on any atom is 0.343 e. The molecule has 2 aromatic rings. The number of rotatable bonds is 5. The Morgan fingerprint density at radius 3 is 2.21 bits per heavy atom. The van der Waals surface area contributed by atoms with Crippen molar-refractivity contribution >= 4 is 15.8 Å². The SMILES string of the molecule is COc1cc(C)ccc1OC(=O)c1ccc(S(=O)(=O)C(F)F)cc1. The van der Waals surface area contributed by atoms with Crippen LogP contribution >= 0.6 is 0 Å². The van der Waals surface area contributed by atoms with Crippen molar-refractivity contribution in [1.82, 2.24) is 0 Å². The molecule has 2 aromatic carbocycles. The van der Waals surface area contributed by atoms with Gasteiger partial charge < -0.3 is 9.47 Å². The highest BCUT2D eigenvalue weighted by Gasteiger charge is 2.26. The van der Waals surface area contributed by atoms with Crippen LogP contribution in [0, 0.1) is 6.92 Å². The zero-order valence-electron chi connectivity index (χ0n) is 12.8. The molecule has 0 spiro atoms. The maximum atomic E-state index is 12.5. The van der Waals surface area contributed by atoms with Gasteiger partial charge in [0.05, 0.1) is 17.6 Å². The van der Waals surface area contributed by atoms with Crippen molar-refractivity contribution in [1.29, 1.82) is 0 Å². The Morgan fingerprint density at radius 2 is 1.67 bits per heavy atom. The molecule has 0 amide bonds. The smallest absolute Gasteiger partial charge is 0.343 e. The fourth-order valence-electron chi connectivity index (χ4n) is 1.90. The predicted octanol–water partition coefficient (Wildman–Crippen LogP) is 3.22. The summed E-state index contributed by atoms with van der Waals surface area (Å²) in [6, 6.07) is 9.05. The molecule has 5 nitrogen and oxygen atoms in total. The van der Waals surface area contributed by atoms with Crippen LogP contribution in [0.5, 0.6) is 11.5 Å². The van der Waals surface area contributed by atoms with Crippen molar-refractivity contribution < 1.29 is 31.5 Å². The summed E-state index contributed by atoms with van der Waals surface area (Å²) in [7, 11) is -3.27. The van der Waals surface area contributed by atoms with E-state index in [-0.39, 0.29) is 11.3 Å². The van der Waals surface area contributed by atoms with E-state index in [2.05, 4.69) is 0 Å². The first-order valence-corrected chi connectivity index (χ1v) is 8.29. The van der Waals surface area contributed by atoms with E-state index < -0.39 is 26.5 Å². The summed E-state index contributed by atoms with van der Waals surface area (Å²) in [5, 5.41) is 0. The van der Waals surface area contributed by atoms with Gasteiger partial charge in [-0.05, 0) is 48.9 Å². The van der Waals surface area contributed by atoms with Gasteiger partial charge in [0.1, 0.15) is 0 Å². The Morgan fingerprint density at radius 1 is 1.04 bits per heavy atom. The molecule has 0 radical (unpaired) electrons. The molecule has 0 atom stereocenters. The molecule has 0 saturated carbocycles. The molecule has 0 aliphatic rings. The molecule has 0 N–H and O–H groups in total. The molecule has 0 saturated heterocycles. The molecular formula is C16H14F2O5S. The van der Waals surface area contributed by atoms with Crippen LogP contribution in [-0.2, 0) is 9.84 Å². The molecule has 0 unspecified atom stereocenters. The molecule has 0 fully saturated rings. The summed E-state index contributed by atoms with van der Waals surface area (Å²) in [6.07, 6.45) is 0. The summed E-state index contributed by atoms with van der Waals surface area (Å²) in [4.78, 5) is 11.5. The average Bonchev–Trinajstić information content (AvgIpc) is 2.56. The second-order valence-corrected chi connectivity index (χ2v) is 6.79. The summed E-state index contributed by atoms with van der Waals surface area (Å²) in [6.45, 7) is 1.84. The van der Waals surface area contributed by atoms with Crippen LogP contribution in [0.4, 0.5) is 8.78 Å². The highest BCUT2D eigenvalue weighted by molar-refractivity contribution is 7.91. The first kappa shape index (κ1) is 17.9. The van der Waals surface area contributed by atoms with E-state index in [9.17, 15) is 22.0 Å². The van der Waals surface area contributed by atoms with Gasteiger partial charge in [-0.25, -0.2) is 13.2 Å². The third kappa shape index (κ3) is 3.70. The van der Waals surface area contributed by atoms with Crippen molar-refractivity contribution in [2.24, 2.45) is 0 Å². The van der Waals surface area contributed by atoms with Gasteiger partial charge in [-0.3, -0.25) is 0 Å². The first-order valence-electron chi connectivity index (χ1n) is 6.74. The Hall–Kier alpha value is -2.48. The third-order valence-electron chi connectivity index (χ3n) is 3.17. The number of alkyl halides is 2. The minimum absolute atomic E-state index is 0.0193. The molecule has 8 heteroatoms. The number of ether oxygens (including phenoxy) is 2. The first-order chi connectivity index (χ1) is 11.3. The van der Waals surface area contributed by atoms with E-state index in [1.54, 1.807) is 18.2 Å². The fraction of sp³-hybridized carbons (Fsp3) is 0.188. The van der Waals surface area contributed by atoms with Gasteiger partial charge in [-0.2, -0.15) is 8.78 Å². The minimum atomic E-state index is -4.70. The number of esters is 1. The van der Waals surface area contributed by atoms with Crippen molar-refractivity contribution in [2.45, 2.75) is 17.6 Å². The largest absolute Gasteiger partial charge is 0.493 e. The fourth-order valence-corrected chi connectivity index (χ4v) is 2.62. The Bertz CT molecular complexity index is 845. The third-order valence-corrected chi connectivity index (χ3v) is 4.57. The van der Waals surface area contributed by atoms with E-state index >= 15 is 0 Å². The number of carbonyl (C=O) groups excluding carboxylic acids is 1. The number of carbonyl (C=O) groups is 1. The molecule has 0 bridgehead atoms. The number of hydrogen-bond donors (Lipinski definition) is 0. The van der Waals surface area contributed by atoms with Crippen LogP contribution in [0.25, 0.3) is 0 Å². The molecule has 0 aliphatic heterocycles. The van der Waals surface area contributed by atoms with Gasteiger partial charge in [0.2, 0.25) is 9.84 Å². The van der Waals surface area contributed by atoms with Crippen LogP contribution in [0.2, 0.25) is 0 Å². The number of halogens is 2. The van der Waals surface area contributed by atoms with Crippen molar-refractivity contribution in [2.75, 3.05) is 7.11 Å². The van der Waals surface area contributed by atoms with Crippen LogP contribution < -0.4 is 9.47 Å². The number of methoxy groups -OCH3 is 1. The predicted molar refractivity (Wildman–Crippen MR) is 82.3 cm³/mol. The highest BCUT2D eigenvalue weighted by atomic mass is 32.2. The topological polar surface area (TPSA) is 69.7 Å². The Labute approximate surface area is 137 Å². The summed E-state index contributed by atoms with van der Waals surface area (Å²) < 4.78 is 57.9. The van der Waals surface area contributed by atoms with Crippen LogP contribution in [0.3, 0.4) is 0 Å². The quantitative estimate of drug-likeness (QED) is 0.608. The molecular weight excluding hydrogens is 342 g/mol. The van der Waals surface area contributed by atoms with Gasteiger partial charge in [-0.1, -0.05) is 6.07 Å². The standard InChI is InChI=1S/C16H14F2O5S/c1-10-3-8-13(14(9-10)22-2)23-15(19)11-4-6-12(7-5-11)24(20,21)16(17)18/h3-9,16H,1-2H3. The van der Waals surface area contributed by atoms with E-state index in [0.717, 1.165) is 29.8 Å². The van der Waals surface area contributed by atoms with Gasteiger partial charge >= 0.3 is 11.7 Å². The van der Waals surface area contributed by atoms with E-state index in [1.807, 2.05) is 6.92 Å². The van der Waals surface area contributed by atoms with Crippen molar-refractivity contribution in [3.63, 3.8) is 0 Å². The number of hydrogen-bond acceptors (Lipinski definition) is 5. The van der Waals surface area contributed by atoms with Gasteiger partial charge in [0.25, 0.3) is 0 Å². The molecule has 2 rings (SSSR count). The Balaban J connectivity index is 2.23. The lowest BCUT2D eigenvalue weighted by Crippen LogP contribution is -2.13. The van der Waals surface area contributed by atoms with E-state index in [0.29, 0.717) is 5.75 Å². The van der Waals surface area contributed by atoms with Crippen molar-refractivity contribution in [3.8, 4) is 11.5 Å². The lowest BCUT2D eigenvalue weighted by atomic mass is 10.2. The second kappa shape index (κ2) is 6.96. The van der Waals surface area contributed by atoms with E-state index in [1.165, 1.54) is 7.11 Å². The summed E-state index contributed by atoms with van der Waals surface area (Å²) in [5.74, 6) is -3.73. The van der Waals surface area contributed by atoms with Gasteiger partial charge in [0.15, 0.2) is 11.5 Å². The normalized spacial score (nSPS) is 11.4. The number of aryl methyl sites for hydroxylation is 1. The Kier molecular flexibility index (Phi) is 5.18. The summed E-state index contributed by atoms with van der Waals surface area (Å²) >= 11 is 0. The monoisotopic (exact) mass is 356 g/mol. The van der Waals surface area contributed by atoms with Crippen molar-refractivity contribution in [3.05, 3.63) is 53.6 Å². The van der Waals surface area contributed by atoms with Crippen LogP contribution in [0.1, 0.15) is 15.9 Å². The van der Waals surface area contributed by atoms with Gasteiger partial charge in [0, 0.05) is 0 Å². The average molecular weight is 356 g/mol. The molecule has 0 aromatic heterocycles. The summed E-state index contributed by atoms with van der Waals surface area (Å²) in [5.41, 5.74) is 0.930. The zero-order valence-corrected chi connectivity index (χ0v) is 13.6. The highest BCUT2D eigenvalue weighted by Crippen LogP contribution is 2.28. The lowest BCUT2D eigenvalue weighted by Gasteiger charge is -2.10. The molecule has 0 aliphatic carbocycles. The zero-order chi connectivity index (χ0) is 17.9. The molecule has 128 valence electrons. The number of sulfone groups is 1.